The van der Waals surface area contributed by atoms with Crippen molar-refractivity contribution in [3.63, 3.8) is 0 Å². The number of esters is 1. The topological polar surface area (TPSA) is 66.3 Å². The van der Waals surface area contributed by atoms with Crippen LogP contribution in [0.25, 0.3) is 0 Å². The van der Waals surface area contributed by atoms with Crippen molar-refractivity contribution in [3.8, 4) is 0 Å². The van der Waals surface area contributed by atoms with Gasteiger partial charge >= 0.3 is 5.97 Å². The van der Waals surface area contributed by atoms with Gasteiger partial charge in [-0.1, -0.05) is 43.7 Å². The molecule has 1 heterocycles. The molecular weight excluding hydrogens is 466 g/mol. The van der Waals surface area contributed by atoms with Gasteiger partial charge in [-0.3, -0.25) is 4.79 Å². The molecule has 0 radical (unpaired) electrons. The molecule has 0 aromatic heterocycles. The maximum absolute atomic E-state index is 11.3. The molecule has 0 saturated heterocycles. The van der Waals surface area contributed by atoms with Crippen LogP contribution in [-0.2, 0) is 23.8 Å². The second-order valence-electron chi connectivity index (χ2n) is 12.9. The molecule has 0 amide bonds. The molecule has 4 aliphatic carbocycles. The summed E-state index contributed by atoms with van der Waals surface area (Å²) in [5.74, 6) is 2.80. The van der Waals surface area contributed by atoms with Crippen LogP contribution in [0.5, 0.6) is 0 Å². The normalized spacial score (nSPS) is 45.4. The molecule has 0 N–H and O–H groups in total. The summed E-state index contributed by atoms with van der Waals surface area (Å²) in [5.41, 5.74) is 3.43. The van der Waals surface area contributed by atoms with Gasteiger partial charge in [0.25, 0.3) is 0 Å². The Kier molecular flexibility index (Phi) is 7.63. The van der Waals surface area contributed by atoms with Crippen molar-refractivity contribution in [1.29, 1.82) is 0 Å². The quantitative estimate of drug-likeness (QED) is 0.177. The lowest BCUT2D eigenvalue weighted by molar-refractivity contribution is -0.199. The van der Waals surface area contributed by atoms with Crippen LogP contribution in [0.3, 0.4) is 0 Å². The van der Waals surface area contributed by atoms with Gasteiger partial charge in [0, 0.05) is 18.8 Å². The average Bonchev–Trinajstić information content (AvgIpc) is 3.22. The molecule has 0 aromatic rings. The zero-order chi connectivity index (χ0) is 26.4. The van der Waals surface area contributed by atoms with Crippen LogP contribution in [0.2, 0.25) is 0 Å². The molecule has 0 bridgehead atoms. The van der Waals surface area contributed by atoms with Crippen molar-refractivity contribution in [2.45, 2.75) is 104 Å². The van der Waals surface area contributed by atoms with Gasteiger partial charge in [0.05, 0.1) is 11.8 Å². The fraction of sp³-hybridized carbons (Fsp3) is 0.806. The van der Waals surface area contributed by atoms with E-state index in [4.69, 9.17) is 19.0 Å². The highest BCUT2D eigenvalue weighted by Crippen LogP contribution is 2.66. The number of hydrogen-bond acceptors (Lipinski definition) is 6. The zero-order valence-electron chi connectivity index (χ0n) is 23.7. The van der Waals surface area contributed by atoms with Gasteiger partial charge in [-0.25, -0.2) is 0 Å². The fourth-order valence-corrected chi connectivity index (χ4v) is 9.03. The van der Waals surface area contributed by atoms with Crippen molar-refractivity contribution >= 4 is 11.7 Å². The fourth-order valence-electron chi connectivity index (χ4n) is 9.03. The van der Waals surface area contributed by atoms with Crippen molar-refractivity contribution in [2.75, 3.05) is 13.7 Å². The Labute approximate surface area is 223 Å². The number of carbonyl (C=O) groups is 1. The molecule has 37 heavy (non-hydrogen) atoms. The zero-order valence-corrected chi connectivity index (χ0v) is 23.7. The van der Waals surface area contributed by atoms with E-state index >= 15 is 0 Å². The van der Waals surface area contributed by atoms with E-state index in [-0.39, 0.29) is 42.4 Å². The molecule has 0 aromatic carbocycles. The third kappa shape index (κ3) is 4.93. The maximum Gasteiger partial charge on any atom is 0.302 e. The second-order valence-corrected chi connectivity index (χ2v) is 12.9. The van der Waals surface area contributed by atoms with Crippen LogP contribution in [0, 0.1) is 40.4 Å². The molecule has 1 aliphatic heterocycles. The van der Waals surface area contributed by atoms with E-state index in [1.165, 1.54) is 51.2 Å². The highest BCUT2D eigenvalue weighted by molar-refractivity contribution is 5.85. The Balaban J connectivity index is 1.25. The highest BCUT2D eigenvalue weighted by Gasteiger charge is 2.59. The Morgan fingerprint density at radius 2 is 1.92 bits per heavy atom. The molecule has 5 aliphatic rings. The minimum Gasteiger partial charge on any atom is -0.463 e. The van der Waals surface area contributed by atoms with Crippen LogP contribution in [0.15, 0.2) is 29.0 Å². The summed E-state index contributed by atoms with van der Waals surface area (Å²) >= 11 is 0. The van der Waals surface area contributed by atoms with Gasteiger partial charge in [-0.15, -0.1) is 0 Å². The number of oxime groups is 1. The van der Waals surface area contributed by atoms with Crippen LogP contribution in [0.4, 0.5) is 0 Å². The van der Waals surface area contributed by atoms with E-state index in [2.05, 4.69) is 45.0 Å². The lowest BCUT2D eigenvalue weighted by Gasteiger charge is -2.58. The average molecular weight is 514 g/mol. The summed E-state index contributed by atoms with van der Waals surface area (Å²) in [7, 11) is 1.67. The lowest BCUT2D eigenvalue weighted by Crippen LogP contribution is -2.51. The van der Waals surface area contributed by atoms with Crippen LogP contribution >= 0.6 is 0 Å². The van der Waals surface area contributed by atoms with Crippen molar-refractivity contribution in [2.24, 2.45) is 45.6 Å². The SMILES string of the molecule is CO/N=C(\C)[C@H]1CCC2C3CC=C4C[C@@H](OC5C=C[C@H](C)[C@@H](COC(C)=O)O5)CC[C@]4(C)C3CC[C@@]21C. The number of allylic oxidation sites excluding steroid dienone is 1. The van der Waals surface area contributed by atoms with Gasteiger partial charge in [0.1, 0.15) is 19.8 Å². The van der Waals surface area contributed by atoms with Crippen LogP contribution in [0.1, 0.15) is 86.0 Å². The van der Waals surface area contributed by atoms with E-state index < -0.39 is 0 Å². The van der Waals surface area contributed by atoms with E-state index in [1.807, 2.05) is 6.08 Å². The molecular formula is C31H47NO5. The largest absolute Gasteiger partial charge is 0.463 e. The standard InChI is InChI=1S/C31H47NO5/c1-19-7-12-29(37-28(19)18-35-21(3)33)36-23-13-15-30(4)22(17-23)8-9-24-26-11-10-25(20(2)32-34-6)31(26,5)16-14-27(24)30/h7-8,12,19,23-29H,9-11,13-18H2,1-6H3/b32-20+/t19-,23-,24?,25+,26?,27?,28+,29?,30-,31+/m0/s1. The Hall–Kier alpha value is -1.66. The van der Waals surface area contributed by atoms with E-state index in [9.17, 15) is 4.79 Å². The molecule has 3 fully saturated rings. The summed E-state index contributed by atoms with van der Waals surface area (Å²) in [6.07, 6.45) is 16.0. The Bertz CT molecular complexity index is 957. The van der Waals surface area contributed by atoms with Crippen LogP contribution < -0.4 is 0 Å². The van der Waals surface area contributed by atoms with Crippen LogP contribution in [-0.4, -0.2) is 43.9 Å². The first-order valence-electron chi connectivity index (χ1n) is 14.6. The predicted molar refractivity (Wildman–Crippen MR) is 144 cm³/mol. The molecule has 4 unspecified atom stereocenters. The number of rotatable bonds is 6. The smallest absolute Gasteiger partial charge is 0.302 e. The van der Waals surface area contributed by atoms with Crippen molar-refractivity contribution < 1.29 is 23.8 Å². The molecule has 206 valence electrons. The molecule has 10 atom stereocenters. The Morgan fingerprint density at radius 3 is 2.68 bits per heavy atom. The lowest BCUT2D eigenvalue weighted by atomic mass is 9.47. The highest BCUT2D eigenvalue weighted by atomic mass is 16.7. The molecule has 6 nitrogen and oxygen atoms in total. The van der Waals surface area contributed by atoms with Gasteiger partial charge < -0.3 is 19.0 Å². The van der Waals surface area contributed by atoms with E-state index in [0.717, 1.165) is 30.6 Å². The number of fused-ring (bicyclic) bond motifs is 5. The summed E-state index contributed by atoms with van der Waals surface area (Å²) in [4.78, 5) is 16.4. The van der Waals surface area contributed by atoms with Gasteiger partial charge in [-0.2, -0.15) is 0 Å². The number of nitrogens with zero attached hydrogens (tertiary/aromatic N) is 1. The molecule has 5 rings (SSSR count). The first-order valence-corrected chi connectivity index (χ1v) is 14.6. The van der Waals surface area contributed by atoms with Gasteiger partial charge in [0.15, 0.2) is 6.29 Å². The van der Waals surface area contributed by atoms with Gasteiger partial charge in [0.2, 0.25) is 0 Å². The van der Waals surface area contributed by atoms with Gasteiger partial charge in [-0.05, 0) is 93.0 Å². The third-order valence-corrected chi connectivity index (χ3v) is 11.0. The maximum atomic E-state index is 11.3. The molecule has 0 spiro atoms. The van der Waals surface area contributed by atoms with Crippen molar-refractivity contribution in [3.05, 3.63) is 23.8 Å². The van der Waals surface area contributed by atoms with E-state index in [1.54, 1.807) is 12.7 Å². The predicted octanol–water partition coefficient (Wildman–Crippen LogP) is 6.45. The first-order chi connectivity index (χ1) is 17.7. The first kappa shape index (κ1) is 26.9. The number of carbonyl (C=O) groups excluding carboxylic acids is 1. The second kappa shape index (κ2) is 10.5. The summed E-state index contributed by atoms with van der Waals surface area (Å²) in [6.45, 7) is 11.1. The number of ether oxygens (including phenoxy) is 3. The minimum absolute atomic E-state index is 0.160. The monoisotopic (exact) mass is 513 g/mol. The summed E-state index contributed by atoms with van der Waals surface area (Å²) in [5, 5.41) is 4.36. The molecule has 6 heteroatoms. The van der Waals surface area contributed by atoms with E-state index in [0.29, 0.717) is 11.3 Å². The van der Waals surface area contributed by atoms with Crippen molar-refractivity contribution in [1.82, 2.24) is 0 Å². The minimum atomic E-state index is -0.370. The third-order valence-electron chi connectivity index (χ3n) is 11.0. The molecule has 3 saturated carbocycles. The number of hydrogen-bond donors (Lipinski definition) is 0. The Morgan fingerprint density at radius 1 is 1.11 bits per heavy atom. The summed E-state index contributed by atoms with van der Waals surface area (Å²) in [6, 6.07) is 0. The summed E-state index contributed by atoms with van der Waals surface area (Å²) < 4.78 is 17.9.